The first-order chi connectivity index (χ1) is 7.33. The van der Waals surface area contributed by atoms with Gasteiger partial charge in [0, 0.05) is 11.8 Å². The molecule has 0 aliphatic heterocycles. The van der Waals surface area contributed by atoms with Crippen LogP contribution in [0.1, 0.15) is 0 Å². The lowest BCUT2D eigenvalue weighted by atomic mass is 10.2. The van der Waals surface area contributed by atoms with Crippen molar-refractivity contribution in [3.63, 3.8) is 0 Å². The summed E-state index contributed by atoms with van der Waals surface area (Å²) in [7, 11) is 0. The highest BCUT2D eigenvalue weighted by Crippen LogP contribution is 2.18. The van der Waals surface area contributed by atoms with E-state index in [4.69, 9.17) is 14.6 Å². The molecule has 0 atom stereocenters. The molecule has 1 aromatic carbocycles. The summed E-state index contributed by atoms with van der Waals surface area (Å²) < 4.78 is 5.13. The topological polar surface area (TPSA) is 78.5 Å². The molecule has 0 aliphatic rings. The van der Waals surface area contributed by atoms with E-state index in [1.165, 1.54) is 6.39 Å². The van der Waals surface area contributed by atoms with Crippen LogP contribution in [0.25, 0.3) is 11.1 Å². The normalized spacial score (nSPS) is 11.1. The number of aliphatic hydroxyl groups is 2. The molecule has 2 aromatic rings. The van der Waals surface area contributed by atoms with Crippen LogP contribution < -0.4 is 5.32 Å². The fourth-order valence-corrected chi connectivity index (χ4v) is 1.33. The van der Waals surface area contributed by atoms with Crippen molar-refractivity contribution >= 4 is 16.8 Å². The smallest absolute Gasteiger partial charge is 0.181 e. The Morgan fingerprint density at radius 3 is 2.87 bits per heavy atom. The molecule has 5 nitrogen and oxygen atoms in total. The Balaban J connectivity index is 2.20. The number of nitrogens with zero attached hydrogens (tertiary/aromatic N) is 1. The maximum atomic E-state index is 8.90. The molecule has 5 heteroatoms. The highest BCUT2D eigenvalue weighted by molar-refractivity contribution is 5.76. The molecule has 0 amide bonds. The van der Waals surface area contributed by atoms with Crippen molar-refractivity contribution in [2.45, 2.75) is 6.04 Å². The standard InChI is InChI=1S/C10H12N2O3/c13-4-8(5-14)12-7-1-2-9-10(3-7)15-6-11-9/h1-3,6,8,12-14H,4-5H2. The molecular formula is C10H12N2O3. The van der Waals surface area contributed by atoms with Crippen molar-refractivity contribution in [1.29, 1.82) is 0 Å². The molecule has 0 saturated carbocycles. The molecule has 0 aliphatic carbocycles. The fraction of sp³-hybridized carbons (Fsp3) is 0.300. The Kier molecular flexibility index (Phi) is 2.84. The van der Waals surface area contributed by atoms with Crippen LogP contribution in [0.4, 0.5) is 5.69 Å². The number of aliphatic hydroxyl groups excluding tert-OH is 2. The molecule has 1 aromatic heterocycles. The summed E-state index contributed by atoms with van der Waals surface area (Å²) in [5.41, 5.74) is 2.24. The van der Waals surface area contributed by atoms with E-state index in [0.717, 1.165) is 11.2 Å². The van der Waals surface area contributed by atoms with E-state index < -0.39 is 0 Å². The molecule has 2 rings (SSSR count). The summed E-state index contributed by atoms with van der Waals surface area (Å²) in [5, 5.41) is 20.8. The van der Waals surface area contributed by atoms with Gasteiger partial charge in [-0.25, -0.2) is 4.98 Å². The van der Waals surface area contributed by atoms with Crippen LogP contribution in [0.15, 0.2) is 29.0 Å². The van der Waals surface area contributed by atoms with Crippen LogP contribution in [0, 0.1) is 0 Å². The third kappa shape index (κ3) is 2.08. The lowest BCUT2D eigenvalue weighted by Gasteiger charge is -2.14. The second kappa shape index (κ2) is 4.29. The number of rotatable bonds is 4. The summed E-state index contributed by atoms with van der Waals surface area (Å²) in [6.07, 6.45) is 1.38. The van der Waals surface area contributed by atoms with Crippen molar-refractivity contribution in [2.24, 2.45) is 0 Å². The van der Waals surface area contributed by atoms with Gasteiger partial charge in [0.05, 0.1) is 19.3 Å². The molecule has 0 fully saturated rings. The van der Waals surface area contributed by atoms with Gasteiger partial charge in [-0.15, -0.1) is 0 Å². The molecular weight excluding hydrogens is 196 g/mol. The van der Waals surface area contributed by atoms with Crippen molar-refractivity contribution in [1.82, 2.24) is 4.98 Å². The second-order valence-electron chi connectivity index (χ2n) is 3.24. The number of hydrogen-bond acceptors (Lipinski definition) is 5. The third-order valence-electron chi connectivity index (χ3n) is 2.14. The van der Waals surface area contributed by atoms with Crippen LogP contribution >= 0.6 is 0 Å². The summed E-state index contributed by atoms with van der Waals surface area (Å²) in [4.78, 5) is 3.99. The van der Waals surface area contributed by atoms with Crippen molar-refractivity contribution in [2.75, 3.05) is 18.5 Å². The van der Waals surface area contributed by atoms with Gasteiger partial charge in [0.1, 0.15) is 5.52 Å². The minimum atomic E-state index is -0.356. The summed E-state index contributed by atoms with van der Waals surface area (Å²) in [6, 6.07) is 5.06. The predicted molar refractivity (Wildman–Crippen MR) is 55.6 cm³/mol. The van der Waals surface area contributed by atoms with E-state index in [0.29, 0.717) is 5.58 Å². The molecule has 1 heterocycles. The summed E-state index contributed by atoms with van der Waals surface area (Å²) in [5.74, 6) is 0. The van der Waals surface area contributed by atoms with Crippen molar-refractivity contribution in [3.8, 4) is 0 Å². The first-order valence-corrected chi connectivity index (χ1v) is 4.65. The molecule has 15 heavy (non-hydrogen) atoms. The SMILES string of the molecule is OCC(CO)Nc1ccc2ncoc2c1. The lowest BCUT2D eigenvalue weighted by Crippen LogP contribution is -2.27. The Hall–Kier alpha value is -1.59. The van der Waals surface area contributed by atoms with Crippen LogP contribution in [0.3, 0.4) is 0 Å². The largest absolute Gasteiger partial charge is 0.443 e. The third-order valence-corrected chi connectivity index (χ3v) is 2.14. The highest BCUT2D eigenvalue weighted by Gasteiger charge is 2.06. The van der Waals surface area contributed by atoms with Gasteiger partial charge < -0.3 is 19.9 Å². The molecule has 0 spiro atoms. The van der Waals surface area contributed by atoms with E-state index >= 15 is 0 Å². The number of aromatic nitrogens is 1. The first-order valence-electron chi connectivity index (χ1n) is 4.65. The van der Waals surface area contributed by atoms with E-state index in [9.17, 15) is 0 Å². The van der Waals surface area contributed by atoms with Gasteiger partial charge in [-0.2, -0.15) is 0 Å². The van der Waals surface area contributed by atoms with Crippen LogP contribution in [-0.4, -0.2) is 34.5 Å². The summed E-state index contributed by atoms with van der Waals surface area (Å²) in [6.45, 7) is -0.240. The van der Waals surface area contributed by atoms with Crippen LogP contribution in [0.2, 0.25) is 0 Å². The Labute approximate surface area is 86.4 Å². The Bertz CT molecular complexity index is 437. The van der Waals surface area contributed by atoms with Gasteiger partial charge in [-0.3, -0.25) is 0 Å². The van der Waals surface area contributed by atoms with Gasteiger partial charge in [-0.05, 0) is 12.1 Å². The maximum absolute atomic E-state index is 8.90. The molecule has 0 bridgehead atoms. The molecule has 0 unspecified atom stereocenters. The lowest BCUT2D eigenvalue weighted by molar-refractivity contribution is 0.204. The highest BCUT2D eigenvalue weighted by atomic mass is 16.3. The van der Waals surface area contributed by atoms with E-state index in [1.807, 2.05) is 12.1 Å². The van der Waals surface area contributed by atoms with E-state index in [2.05, 4.69) is 10.3 Å². The average Bonchev–Trinajstić information content (AvgIpc) is 2.73. The monoisotopic (exact) mass is 208 g/mol. The van der Waals surface area contributed by atoms with Crippen molar-refractivity contribution < 1.29 is 14.6 Å². The zero-order valence-electron chi connectivity index (χ0n) is 8.05. The van der Waals surface area contributed by atoms with E-state index in [-0.39, 0.29) is 19.3 Å². The minimum Gasteiger partial charge on any atom is -0.443 e. The number of anilines is 1. The van der Waals surface area contributed by atoms with Crippen LogP contribution in [0.5, 0.6) is 0 Å². The predicted octanol–water partition coefficient (Wildman–Crippen LogP) is 0.593. The van der Waals surface area contributed by atoms with Gasteiger partial charge in [0.25, 0.3) is 0 Å². The zero-order valence-corrected chi connectivity index (χ0v) is 8.05. The number of fused-ring (bicyclic) bond motifs is 1. The number of oxazole rings is 1. The zero-order chi connectivity index (χ0) is 10.7. The van der Waals surface area contributed by atoms with Gasteiger partial charge in [-0.1, -0.05) is 0 Å². The Morgan fingerprint density at radius 2 is 2.13 bits per heavy atom. The quantitative estimate of drug-likeness (QED) is 0.685. The van der Waals surface area contributed by atoms with E-state index in [1.54, 1.807) is 6.07 Å². The molecule has 0 saturated heterocycles. The molecule has 0 radical (unpaired) electrons. The summed E-state index contributed by atoms with van der Waals surface area (Å²) >= 11 is 0. The number of nitrogens with one attached hydrogen (secondary N) is 1. The molecule has 3 N–H and O–H groups in total. The number of hydrogen-bond donors (Lipinski definition) is 3. The first kappa shape index (κ1) is 9.95. The second-order valence-corrected chi connectivity index (χ2v) is 3.24. The average molecular weight is 208 g/mol. The number of benzene rings is 1. The van der Waals surface area contributed by atoms with Gasteiger partial charge >= 0.3 is 0 Å². The van der Waals surface area contributed by atoms with Crippen molar-refractivity contribution in [3.05, 3.63) is 24.6 Å². The fourth-order valence-electron chi connectivity index (χ4n) is 1.33. The Morgan fingerprint density at radius 1 is 1.33 bits per heavy atom. The van der Waals surface area contributed by atoms with Crippen LogP contribution in [-0.2, 0) is 0 Å². The molecule has 80 valence electrons. The minimum absolute atomic E-state index is 0.120. The van der Waals surface area contributed by atoms with Gasteiger partial charge in [0.15, 0.2) is 12.0 Å². The van der Waals surface area contributed by atoms with Gasteiger partial charge in [0.2, 0.25) is 0 Å². The maximum Gasteiger partial charge on any atom is 0.181 e.